The number of rotatable bonds is 3. The summed E-state index contributed by atoms with van der Waals surface area (Å²) in [5, 5.41) is 0. The van der Waals surface area contributed by atoms with E-state index in [0.717, 1.165) is 16.8 Å². The molecule has 0 spiro atoms. The van der Waals surface area contributed by atoms with E-state index in [0.29, 0.717) is 0 Å². The Morgan fingerprint density at radius 2 is 1.93 bits per heavy atom. The fraction of sp³-hybridized carbons (Fsp3) is 0.167. The maximum absolute atomic E-state index is 5.12. The molecule has 1 aromatic carbocycles. The van der Waals surface area contributed by atoms with Gasteiger partial charge in [0, 0.05) is 23.4 Å². The first-order valence-electron chi connectivity index (χ1n) is 4.72. The van der Waals surface area contributed by atoms with Crippen molar-refractivity contribution < 1.29 is 4.74 Å². The van der Waals surface area contributed by atoms with E-state index < -0.39 is 0 Å². The fourth-order valence-corrected chi connectivity index (χ4v) is 1.70. The van der Waals surface area contributed by atoms with Gasteiger partial charge in [0.2, 0.25) is 0 Å². The standard InChI is InChI=1S/C12H12BrNO/c1-15-12-6-7-14(9-12)8-10-2-4-11(13)5-3-10/h2-7,9H,8H2,1H3. The summed E-state index contributed by atoms with van der Waals surface area (Å²) in [6.45, 7) is 0.872. The van der Waals surface area contributed by atoms with Gasteiger partial charge in [-0.1, -0.05) is 28.1 Å². The smallest absolute Gasteiger partial charge is 0.136 e. The van der Waals surface area contributed by atoms with Crippen molar-refractivity contribution in [3.63, 3.8) is 0 Å². The van der Waals surface area contributed by atoms with Crippen LogP contribution in [0.1, 0.15) is 5.56 Å². The highest BCUT2D eigenvalue weighted by molar-refractivity contribution is 9.10. The molecular weight excluding hydrogens is 254 g/mol. The molecule has 2 nitrogen and oxygen atoms in total. The first-order valence-corrected chi connectivity index (χ1v) is 5.51. The third-order valence-electron chi connectivity index (χ3n) is 2.24. The van der Waals surface area contributed by atoms with Gasteiger partial charge in [0.25, 0.3) is 0 Å². The summed E-state index contributed by atoms with van der Waals surface area (Å²) in [5.74, 6) is 0.895. The number of nitrogens with zero attached hydrogens (tertiary/aromatic N) is 1. The molecule has 0 bridgehead atoms. The second-order valence-electron chi connectivity index (χ2n) is 3.35. The molecule has 0 N–H and O–H groups in total. The Morgan fingerprint density at radius 1 is 1.20 bits per heavy atom. The molecule has 0 aliphatic rings. The van der Waals surface area contributed by atoms with E-state index in [-0.39, 0.29) is 0 Å². The molecule has 1 aromatic heterocycles. The Labute approximate surface area is 97.6 Å². The molecular formula is C12H12BrNO. The van der Waals surface area contributed by atoms with Gasteiger partial charge in [-0.15, -0.1) is 0 Å². The molecule has 0 fully saturated rings. The minimum atomic E-state index is 0.872. The zero-order valence-electron chi connectivity index (χ0n) is 8.48. The predicted octanol–water partition coefficient (Wildman–Crippen LogP) is 3.31. The summed E-state index contributed by atoms with van der Waals surface area (Å²) in [7, 11) is 1.68. The number of halogens is 1. The largest absolute Gasteiger partial charge is 0.495 e. The molecule has 0 aliphatic carbocycles. The number of benzene rings is 1. The molecule has 1 heterocycles. The van der Waals surface area contributed by atoms with E-state index in [1.54, 1.807) is 7.11 Å². The lowest BCUT2D eigenvalue weighted by Gasteiger charge is -2.02. The Morgan fingerprint density at radius 3 is 2.53 bits per heavy atom. The van der Waals surface area contributed by atoms with Crippen molar-refractivity contribution in [3.05, 3.63) is 52.8 Å². The van der Waals surface area contributed by atoms with Crippen molar-refractivity contribution in [1.82, 2.24) is 4.57 Å². The lowest BCUT2D eigenvalue weighted by molar-refractivity contribution is 0.414. The van der Waals surface area contributed by atoms with E-state index in [2.05, 4.69) is 44.8 Å². The highest BCUT2D eigenvalue weighted by Crippen LogP contribution is 2.14. The second kappa shape index (κ2) is 4.53. The lowest BCUT2D eigenvalue weighted by Crippen LogP contribution is -1.95. The first-order chi connectivity index (χ1) is 7.28. The van der Waals surface area contributed by atoms with Gasteiger partial charge in [-0.3, -0.25) is 0 Å². The van der Waals surface area contributed by atoms with Crippen LogP contribution in [0.2, 0.25) is 0 Å². The molecule has 2 aromatic rings. The Balaban J connectivity index is 2.11. The van der Waals surface area contributed by atoms with Crippen molar-refractivity contribution in [1.29, 1.82) is 0 Å². The van der Waals surface area contributed by atoms with E-state index in [1.807, 2.05) is 18.5 Å². The van der Waals surface area contributed by atoms with Crippen molar-refractivity contribution in [2.24, 2.45) is 0 Å². The van der Waals surface area contributed by atoms with E-state index >= 15 is 0 Å². The van der Waals surface area contributed by atoms with Crippen LogP contribution in [0.3, 0.4) is 0 Å². The first kappa shape index (κ1) is 10.3. The summed E-state index contributed by atoms with van der Waals surface area (Å²) in [4.78, 5) is 0. The number of aromatic nitrogens is 1. The molecule has 0 saturated heterocycles. The zero-order valence-corrected chi connectivity index (χ0v) is 10.1. The maximum atomic E-state index is 5.12. The number of hydrogen-bond acceptors (Lipinski definition) is 1. The number of ether oxygens (including phenoxy) is 1. The molecule has 0 saturated carbocycles. The van der Waals surface area contributed by atoms with Crippen molar-refractivity contribution >= 4 is 15.9 Å². The van der Waals surface area contributed by atoms with Crippen LogP contribution in [-0.2, 0) is 6.54 Å². The van der Waals surface area contributed by atoms with Gasteiger partial charge in [0.15, 0.2) is 0 Å². The number of methoxy groups -OCH3 is 1. The van der Waals surface area contributed by atoms with Gasteiger partial charge in [-0.25, -0.2) is 0 Å². The van der Waals surface area contributed by atoms with Gasteiger partial charge in [0.05, 0.1) is 7.11 Å². The minimum absolute atomic E-state index is 0.872. The SMILES string of the molecule is COc1ccn(Cc2ccc(Br)cc2)c1. The fourth-order valence-electron chi connectivity index (χ4n) is 1.44. The van der Waals surface area contributed by atoms with Crippen LogP contribution >= 0.6 is 15.9 Å². The van der Waals surface area contributed by atoms with Crippen LogP contribution in [0, 0.1) is 0 Å². The van der Waals surface area contributed by atoms with Crippen molar-refractivity contribution in [3.8, 4) is 5.75 Å². The molecule has 3 heteroatoms. The molecule has 0 aliphatic heterocycles. The summed E-state index contributed by atoms with van der Waals surface area (Å²) in [6.07, 6.45) is 4.00. The monoisotopic (exact) mass is 265 g/mol. The highest BCUT2D eigenvalue weighted by Gasteiger charge is 1.97. The topological polar surface area (TPSA) is 14.2 Å². The van der Waals surface area contributed by atoms with Crippen molar-refractivity contribution in [2.75, 3.05) is 7.11 Å². The third kappa shape index (κ3) is 2.63. The van der Waals surface area contributed by atoms with Gasteiger partial charge in [-0.05, 0) is 23.8 Å². The lowest BCUT2D eigenvalue weighted by atomic mass is 10.2. The maximum Gasteiger partial charge on any atom is 0.136 e. The normalized spacial score (nSPS) is 10.3. The van der Waals surface area contributed by atoms with Crippen molar-refractivity contribution in [2.45, 2.75) is 6.54 Å². The molecule has 0 unspecified atom stereocenters. The summed E-state index contributed by atoms with van der Waals surface area (Å²) < 4.78 is 8.33. The molecule has 0 radical (unpaired) electrons. The Bertz CT molecular complexity index is 433. The van der Waals surface area contributed by atoms with Gasteiger partial charge in [-0.2, -0.15) is 0 Å². The van der Waals surface area contributed by atoms with E-state index in [1.165, 1.54) is 5.56 Å². The summed E-state index contributed by atoms with van der Waals surface area (Å²) >= 11 is 3.42. The van der Waals surface area contributed by atoms with Crippen LogP contribution in [-0.4, -0.2) is 11.7 Å². The average molecular weight is 266 g/mol. The van der Waals surface area contributed by atoms with E-state index in [9.17, 15) is 0 Å². The summed E-state index contributed by atoms with van der Waals surface area (Å²) in [5.41, 5.74) is 1.27. The second-order valence-corrected chi connectivity index (χ2v) is 4.27. The van der Waals surface area contributed by atoms with Crippen LogP contribution in [0.25, 0.3) is 0 Å². The highest BCUT2D eigenvalue weighted by atomic mass is 79.9. The van der Waals surface area contributed by atoms with Crippen LogP contribution < -0.4 is 4.74 Å². The molecule has 0 amide bonds. The van der Waals surface area contributed by atoms with E-state index in [4.69, 9.17) is 4.74 Å². The van der Waals surface area contributed by atoms with Gasteiger partial charge >= 0.3 is 0 Å². The van der Waals surface area contributed by atoms with Gasteiger partial charge < -0.3 is 9.30 Å². The minimum Gasteiger partial charge on any atom is -0.495 e. The Hall–Kier alpha value is -1.22. The van der Waals surface area contributed by atoms with Crippen LogP contribution in [0.4, 0.5) is 0 Å². The molecule has 2 rings (SSSR count). The van der Waals surface area contributed by atoms with Gasteiger partial charge in [0.1, 0.15) is 5.75 Å². The zero-order chi connectivity index (χ0) is 10.7. The molecule has 15 heavy (non-hydrogen) atoms. The molecule has 0 atom stereocenters. The van der Waals surface area contributed by atoms with Crippen LogP contribution in [0.15, 0.2) is 47.2 Å². The molecule has 78 valence electrons. The van der Waals surface area contributed by atoms with Crippen LogP contribution in [0.5, 0.6) is 5.75 Å². The number of hydrogen-bond donors (Lipinski definition) is 0. The summed E-state index contributed by atoms with van der Waals surface area (Å²) in [6, 6.07) is 10.3. The average Bonchev–Trinajstić information content (AvgIpc) is 2.69. The quantitative estimate of drug-likeness (QED) is 0.831. The predicted molar refractivity (Wildman–Crippen MR) is 64.2 cm³/mol. The Kier molecular flexibility index (Phi) is 3.11. The third-order valence-corrected chi connectivity index (χ3v) is 2.77.